The van der Waals surface area contributed by atoms with Crippen molar-refractivity contribution in [2.45, 2.75) is 17.7 Å². The van der Waals surface area contributed by atoms with Crippen molar-refractivity contribution in [2.24, 2.45) is 0 Å². The summed E-state index contributed by atoms with van der Waals surface area (Å²) in [4.78, 5) is 37.4. The Balaban J connectivity index is 1.47. The summed E-state index contributed by atoms with van der Waals surface area (Å²) in [5, 5.41) is 1.88. The summed E-state index contributed by atoms with van der Waals surface area (Å²) in [6.07, 6.45) is 1.64. The van der Waals surface area contributed by atoms with Gasteiger partial charge in [0.2, 0.25) is 0 Å². The fourth-order valence-corrected chi connectivity index (χ4v) is 3.62. The maximum absolute atomic E-state index is 12.2. The number of carbonyl (C=O) groups is 2. The monoisotopic (exact) mass is 341 g/mol. The van der Waals surface area contributed by atoms with Crippen molar-refractivity contribution >= 4 is 29.3 Å². The van der Waals surface area contributed by atoms with Crippen LogP contribution in [0.25, 0.3) is 0 Å². The third-order valence-electron chi connectivity index (χ3n) is 3.87. The Hall–Kier alpha value is -2.47. The van der Waals surface area contributed by atoms with Crippen molar-refractivity contribution in [3.8, 4) is 0 Å². The first-order chi connectivity index (χ1) is 11.7. The topological polar surface area (TPSA) is 68.4 Å². The number of nitrogens with one attached hydrogen (secondary N) is 1. The quantitative estimate of drug-likeness (QED) is 0.477. The minimum Gasteiger partial charge on any atom is -0.274 e. The molecule has 0 bridgehead atoms. The Bertz CT molecular complexity index is 756. The highest BCUT2D eigenvalue weighted by Gasteiger charge is 2.34. The zero-order valence-electron chi connectivity index (χ0n) is 13.0. The number of nitrogens with zero attached hydrogens (tertiary/aromatic N) is 1. The molecule has 122 valence electrons. The van der Waals surface area contributed by atoms with E-state index in [2.05, 4.69) is 0 Å². The van der Waals surface area contributed by atoms with Gasteiger partial charge in [0.05, 0.1) is 11.1 Å². The Kier molecular flexibility index (Phi) is 5.05. The van der Waals surface area contributed by atoms with Gasteiger partial charge in [0.15, 0.2) is 0 Å². The molecule has 0 aliphatic carbocycles. The normalized spacial score (nSPS) is 13.2. The second-order valence-corrected chi connectivity index (χ2v) is 6.66. The summed E-state index contributed by atoms with van der Waals surface area (Å²) in [6.45, 7) is 0.440. The van der Waals surface area contributed by atoms with Crippen molar-refractivity contribution in [1.29, 1.82) is 0 Å². The van der Waals surface area contributed by atoms with Crippen LogP contribution in [0.2, 0.25) is 0 Å². The van der Waals surface area contributed by atoms with Gasteiger partial charge in [0.25, 0.3) is 17.5 Å². The number of amides is 2. The number of carbonyl (C=O) groups excluding carboxylic acids is 2. The summed E-state index contributed by atoms with van der Waals surface area (Å²) in [5.74, 6) is 0.473. The maximum Gasteiger partial charge on any atom is 0.261 e. The van der Waals surface area contributed by atoms with Crippen LogP contribution in [-0.2, 0) is 0 Å². The number of hydrogen-bond donors (Lipinski definition) is 1. The van der Waals surface area contributed by atoms with E-state index < -0.39 is 0 Å². The number of unbranched alkanes of at least 4 members (excludes halogenated alkanes) is 1. The smallest absolute Gasteiger partial charge is 0.261 e. The lowest BCUT2D eigenvalue weighted by molar-refractivity contribution is -0.379. The van der Waals surface area contributed by atoms with Crippen LogP contribution in [-0.4, -0.2) is 29.0 Å². The van der Waals surface area contributed by atoms with Crippen molar-refractivity contribution in [3.63, 3.8) is 0 Å². The zero-order valence-corrected chi connectivity index (χ0v) is 13.8. The van der Waals surface area contributed by atoms with Gasteiger partial charge in [-0.05, 0) is 36.8 Å². The van der Waals surface area contributed by atoms with Crippen LogP contribution < -0.4 is 5.18 Å². The van der Waals surface area contributed by atoms with E-state index in [1.165, 1.54) is 4.90 Å². The summed E-state index contributed by atoms with van der Waals surface area (Å²) in [7, 11) is 0. The van der Waals surface area contributed by atoms with Gasteiger partial charge in [-0.15, -0.1) is 11.8 Å². The first-order valence-electron chi connectivity index (χ1n) is 7.77. The molecule has 24 heavy (non-hydrogen) atoms. The zero-order chi connectivity index (χ0) is 16.9. The molecule has 1 aliphatic heterocycles. The standard InChI is InChI=1S/C18H16N2O3S/c21-17-15-8-1-2-9-16(15)18(22)20(17)10-3-4-11-24-14-7-5-6-13(12-14)19-23/h1-2,5-9,12H,3-4,10-11H2/p+1. The molecule has 0 spiro atoms. The third-order valence-corrected chi connectivity index (χ3v) is 4.95. The van der Waals surface area contributed by atoms with Gasteiger partial charge in [0.1, 0.15) is 0 Å². The Morgan fingerprint density at radius 3 is 2.29 bits per heavy atom. The van der Waals surface area contributed by atoms with E-state index >= 15 is 0 Å². The molecule has 5 nitrogen and oxygen atoms in total. The highest BCUT2D eigenvalue weighted by atomic mass is 32.2. The van der Waals surface area contributed by atoms with Crippen LogP contribution in [0, 0.1) is 4.91 Å². The Morgan fingerprint density at radius 1 is 0.917 bits per heavy atom. The van der Waals surface area contributed by atoms with Crippen LogP contribution >= 0.6 is 11.8 Å². The molecule has 0 fully saturated rings. The van der Waals surface area contributed by atoms with Crippen LogP contribution in [0.1, 0.15) is 33.6 Å². The minimum atomic E-state index is -0.197. The van der Waals surface area contributed by atoms with Crippen LogP contribution in [0.5, 0.6) is 0 Å². The van der Waals surface area contributed by atoms with Crippen molar-refractivity contribution in [1.82, 2.24) is 4.90 Å². The number of benzene rings is 2. The highest BCUT2D eigenvalue weighted by molar-refractivity contribution is 7.99. The molecular formula is C18H17N2O3S+. The lowest BCUT2D eigenvalue weighted by Gasteiger charge is -2.13. The van der Waals surface area contributed by atoms with E-state index in [0.717, 1.165) is 23.5 Å². The molecule has 0 saturated carbocycles. The van der Waals surface area contributed by atoms with Crippen molar-refractivity contribution < 1.29 is 14.8 Å². The van der Waals surface area contributed by atoms with Crippen molar-refractivity contribution in [2.75, 3.05) is 12.3 Å². The number of hydrogen-bond acceptors (Lipinski definition) is 4. The van der Waals surface area contributed by atoms with E-state index in [1.54, 1.807) is 42.1 Å². The third kappa shape index (κ3) is 3.38. The summed E-state index contributed by atoms with van der Waals surface area (Å²) >= 11 is 1.65. The van der Waals surface area contributed by atoms with Gasteiger partial charge in [-0.2, -0.15) is 0 Å². The van der Waals surface area contributed by atoms with Gasteiger partial charge in [-0.3, -0.25) is 14.5 Å². The van der Waals surface area contributed by atoms with E-state index in [9.17, 15) is 14.5 Å². The fourth-order valence-electron chi connectivity index (χ4n) is 2.65. The van der Waals surface area contributed by atoms with E-state index in [1.807, 2.05) is 23.4 Å². The Morgan fingerprint density at radius 2 is 1.62 bits per heavy atom. The van der Waals surface area contributed by atoms with E-state index in [0.29, 0.717) is 23.4 Å². The first-order valence-corrected chi connectivity index (χ1v) is 8.75. The average molecular weight is 341 g/mol. The molecular weight excluding hydrogens is 324 g/mol. The Labute approximate surface area is 144 Å². The van der Waals surface area contributed by atoms with Crippen LogP contribution in [0.15, 0.2) is 53.4 Å². The van der Waals surface area contributed by atoms with Crippen LogP contribution in [0.4, 0.5) is 5.69 Å². The second-order valence-electron chi connectivity index (χ2n) is 5.49. The molecule has 0 aromatic heterocycles. The molecule has 2 aromatic rings. The summed E-state index contributed by atoms with van der Waals surface area (Å²) in [5.41, 5.74) is 1.55. The molecule has 3 rings (SSSR count). The van der Waals surface area contributed by atoms with Gasteiger partial charge >= 0.3 is 0 Å². The predicted octanol–water partition coefficient (Wildman–Crippen LogP) is 2.33. The van der Waals surface area contributed by atoms with Crippen LogP contribution in [0.3, 0.4) is 0 Å². The first kappa shape index (κ1) is 16.4. The lowest BCUT2D eigenvalue weighted by atomic mass is 10.1. The summed E-state index contributed by atoms with van der Waals surface area (Å²) < 4.78 is 0. The molecule has 6 heteroatoms. The molecule has 0 unspecified atom stereocenters. The van der Waals surface area contributed by atoms with Gasteiger partial charge < -0.3 is 0 Å². The summed E-state index contributed by atoms with van der Waals surface area (Å²) in [6, 6.07) is 14.3. The lowest BCUT2D eigenvalue weighted by Crippen LogP contribution is -2.55. The fraction of sp³-hybridized carbons (Fsp3) is 0.222. The van der Waals surface area contributed by atoms with Crippen molar-refractivity contribution in [3.05, 3.63) is 64.6 Å². The largest absolute Gasteiger partial charge is 0.274 e. The SMILES string of the molecule is O=[NH+]c1cccc(SCCCCN2C(=O)c3ccccc3C2=O)c1. The number of imide groups is 1. The average Bonchev–Trinajstić information content (AvgIpc) is 2.86. The number of fused-ring (bicyclic) bond motifs is 1. The molecule has 1 N–H and O–H groups in total. The minimum absolute atomic E-state index is 0.197. The van der Waals surface area contributed by atoms with Gasteiger partial charge in [-0.1, -0.05) is 18.2 Å². The highest BCUT2D eigenvalue weighted by Crippen LogP contribution is 2.24. The molecule has 1 heterocycles. The molecule has 2 amide bonds. The van der Waals surface area contributed by atoms with Gasteiger partial charge in [-0.25, -0.2) is 0 Å². The van der Waals surface area contributed by atoms with E-state index in [-0.39, 0.29) is 11.8 Å². The second kappa shape index (κ2) is 7.40. The number of thioether (sulfide) groups is 1. The predicted molar refractivity (Wildman–Crippen MR) is 92.2 cm³/mol. The molecule has 0 atom stereocenters. The van der Waals surface area contributed by atoms with Gasteiger partial charge in [0, 0.05) is 33.7 Å². The maximum atomic E-state index is 12.2. The molecule has 0 saturated heterocycles. The number of rotatable bonds is 7. The van der Waals surface area contributed by atoms with E-state index in [4.69, 9.17) is 0 Å². The molecule has 1 aliphatic rings. The molecule has 0 radical (unpaired) electrons. The molecule has 2 aromatic carbocycles. The number of nitroso groups, excluding NO2 is 1.